The first-order valence-electron chi connectivity index (χ1n) is 10.1. The molecule has 0 aromatic heterocycles. The van der Waals surface area contributed by atoms with Gasteiger partial charge in [-0.1, -0.05) is 18.2 Å². The lowest BCUT2D eigenvalue weighted by Crippen LogP contribution is -2.56. The minimum absolute atomic E-state index is 0.0475. The Bertz CT molecular complexity index is 787. The number of hydrogen-bond acceptors (Lipinski definition) is 5. The van der Waals surface area contributed by atoms with E-state index >= 15 is 0 Å². The Morgan fingerprint density at radius 3 is 2.48 bits per heavy atom. The molecule has 29 heavy (non-hydrogen) atoms. The summed E-state index contributed by atoms with van der Waals surface area (Å²) in [5.41, 5.74) is 1.18. The fourth-order valence-electron chi connectivity index (χ4n) is 3.87. The average Bonchev–Trinajstić information content (AvgIpc) is 2.98. The Hall–Kier alpha value is -2.45. The van der Waals surface area contributed by atoms with Crippen LogP contribution in [0.3, 0.4) is 0 Å². The van der Waals surface area contributed by atoms with E-state index in [1.807, 2.05) is 45.9 Å². The molecule has 1 fully saturated rings. The van der Waals surface area contributed by atoms with Gasteiger partial charge in [-0.3, -0.25) is 19.3 Å². The number of rotatable bonds is 5. The van der Waals surface area contributed by atoms with Crippen LogP contribution in [0.5, 0.6) is 0 Å². The Morgan fingerprint density at radius 2 is 1.83 bits per heavy atom. The van der Waals surface area contributed by atoms with Crippen molar-refractivity contribution in [1.29, 1.82) is 0 Å². The number of nitrogens with zero attached hydrogens (tertiary/aromatic N) is 2. The molecule has 1 aromatic carbocycles. The van der Waals surface area contributed by atoms with E-state index in [4.69, 9.17) is 4.74 Å². The molecule has 1 atom stereocenters. The summed E-state index contributed by atoms with van der Waals surface area (Å²) in [7, 11) is 0. The monoisotopic (exact) mass is 402 g/mol. The number of anilines is 1. The number of nitrogens with one attached hydrogen (secondary N) is 2. The zero-order valence-electron chi connectivity index (χ0n) is 17.5. The Morgan fingerprint density at radius 1 is 1.17 bits per heavy atom. The van der Waals surface area contributed by atoms with Crippen molar-refractivity contribution >= 4 is 23.4 Å². The van der Waals surface area contributed by atoms with Gasteiger partial charge in [-0.2, -0.15) is 0 Å². The predicted molar refractivity (Wildman–Crippen MR) is 109 cm³/mol. The maximum absolute atomic E-state index is 12.8. The minimum atomic E-state index is -0.848. The number of carbonyl (C=O) groups excluding carboxylic acids is 3. The molecule has 0 bridgehead atoms. The third-order valence-electron chi connectivity index (χ3n) is 5.54. The highest BCUT2D eigenvalue weighted by Crippen LogP contribution is 2.36. The average molecular weight is 402 g/mol. The van der Waals surface area contributed by atoms with Crippen LogP contribution in [0.4, 0.5) is 5.69 Å². The lowest BCUT2D eigenvalue weighted by Gasteiger charge is -2.40. The first-order chi connectivity index (χ1) is 13.7. The molecule has 158 valence electrons. The summed E-state index contributed by atoms with van der Waals surface area (Å²) < 4.78 is 5.37. The number of amides is 3. The topological polar surface area (TPSA) is 91.0 Å². The van der Waals surface area contributed by atoms with Crippen molar-refractivity contribution in [2.24, 2.45) is 0 Å². The molecule has 8 nitrogen and oxygen atoms in total. The zero-order chi connectivity index (χ0) is 21.2. The lowest BCUT2D eigenvalue weighted by atomic mass is 10.0. The van der Waals surface area contributed by atoms with Gasteiger partial charge < -0.3 is 20.3 Å². The molecule has 8 heteroatoms. The Kier molecular flexibility index (Phi) is 6.24. The number of ether oxygens (including phenoxy) is 1. The summed E-state index contributed by atoms with van der Waals surface area (Å²) in [5, 5.41) is 5.32. The van der Waals surface area contributed by atoms with Crippen LogP contribution in [-0.4, -0.2) is 67.1 Å². The van der Waals surface area contributed by atoms with E-state index in [0.717, 1.165) is 18.8 Å². The van der Waals surface area contributed by atoms with Crippen molar-refractivity contribution in [2.75, 3.05) is 37.7 Å². The number of fused-ring (bicyclic) bond motifs is 1. The van der Waals surface area contributed by atoms with Crippen LogP contribution in [0, 0.1) is 0 Å². The zero-order valence-corrected chi connectivity index (χ0v) is 17.5. The summed E-state index contributed by atoms with van der Waals surface area (Å²) >= 11 is 0. The molecule has 0 saturated carbocycles. The molecule has 0 spiro atoms. The van der Waals surface area contributed by atoms with Crippen molar-refractivity contribution < 1.29 is 19.1 Å². The van der Waals surface area contributed by atoms with Gasteiger partial charge in [-0.05, 0) is 33.8 Å². The molecule has 1 aromatic rings. The predicted octanol–water partition coefficient (Wildman–Crippen LogP) is 0.826. The maximum atomic E-state index is 12.8. The Balaban J connectivity index is 1.62. The third-order valence-corrected chi connectivity index (χ3v) is 5.54. The van der Waals surface area contributed by atoms with Crippen LogP contribution in [-0.2, 0) is 19.1 Å². The molecule has 0 aliphatic carbocycles. The van der Waals surface area contributed by atoms with E-state index in [1.165, 1.54) is 0 Å². The van der Waals surface area contributed by atoms with E-state index in [1.54, 1.807) is 11.0 Å². The van der Waals surface area contributed by atoms with Gasteiger partial charge in [0.25, 0.3) is 5.91 Å². The second-order valence-electron chi connectivity index (χ2n) is 8.36. The van der Waals surface area contributed by atoms with Crippen LogP contribution in [0.15, 0.2) is 24.3 Å². The molecule has 3 amide bonds. The summed E-state index contributed by atoms with van der Waals surface area (Å²) in [6.45, 7) is 11.1. The van der Waals surface area contributed by atoms with E-state index < -0.39 is 17.9 Å². The van der Waals surface area contributed by atoms with Gasteiger partial charge in [0.15, 0.2) is 0 Å². The van der Waals surface area contributed by atoms with Crippen LogP contribution >= 0.6 is 0 Å². The van der Waals surface area contributed by atoms with Crippen molar-refractivity contribution in [3.8, 4) is 0 Å². The van der Waals surface area contributed by atoms with Gasteiger partial charge in [0, 0.05) is 42.5 Å². The smallest absolute Gasteiger partial charge is 0.310 e. The molecule has 0 unspecified atom stereocenters. The SMILES string of the molecule is CC(C)N1C(=O)[C@@H](NC(=O)C(=O)NCC(C)(C)N2CCOCC2)c2ccccc21. The van der Waals surface area contributed by atoms with E-state index in [2.05, 4.69) is 15.5 Å². The van der Waals surface area contributed by atoms with E-state index in [0.29, 0.717) is 25.3 Å². The Labute approximate surface area is 171 Å². The maximum Gasteiger partial charge on any atom is 0.310 e. The standard InChI is InChI=1S/C21H30N4O4/c1-14(2)25-16-8-6-5-7-15(16)17(20(25)28)23-19(27)18(26)22-13-21(3,4)24-9-11-29-12-10-24/h5-8,14,17H,9-13H2,1-4H3,(H,22,26)(H,23,27)/t17-/m0/s1. The molecule has 2 heterocycles. The first kappa shape index (κ1) is 21.3. The molecule has 2 N–H and O–H groups in total. The third kappa shape index (κ3) is 4.43. The van der Waals surface area contributed by atoms with Gasteiger partial charge in [-0.15, -0.1) is 0 Å². The van der Waals surface area contributed by atoms with Gasteiger partial charge in [0.1, 0.15) is 6.04 Å². The highest BCUT2D eigenvalue weighted by molar-refractivity contribution is 6.35. The fraction of sp³-hybridized carbons (Fsp3) is 0.571. The van der Waals surface area contributed by atoms with Crippen LogP contribution in [0.25, 0.3) is 0 Å². The van der Waals surface area contributed by atoms with Gasteiger partial charge >= 0.3 is 11.8 Å². The van der Waals surface area contributed by atoms with Gasteiger partial charge in [-0.25, -0.2) is 0 Å². The molecule has 2 aliphatic rings. The number of morpholine rings is 1. The normalized spacial score (nSPS) is 20.0. The summed E-state index contributed by atoms with van der Waals surface area (Å²) in [6.07, 6.45) is 0. The number of hydrogen-bond donors (Lipinski definition) is 2. The summed E-state index contributed by atoms with van der Waals surface area (Å²) in [4.78, 5) is 41.6. The first-order valence-corrected chi connectivity index (χ1v) is 10.1. The lowest BCUT2D eigenvalue weighted by molar-refractivity contribution is -0.140. The van der Waals surface area contributed by atoms with Crippen LogP contribution < -0.4 is 15.5 Å². The molecule has 1 saturated heterocycles. The van der Waals surface area contributed by atoms with Gasteiger partial charge in [0.2, 0.25) is 0 Å². The summed E-state index contributed by atoms with van der Waals surface area (Å²) in [6, 6.07) is 6.43. The van der Waals surface area contributed by atoms with Crippen LogP contribution in [0.1, 0.15) is 39.3 Å². The van der Waals surface area contributed by atoms with Gasteiger partial charge in [0.05, 0.1) is 13.2 Å². The quantitative estimate of drug-likeness (QED) is 0.712. The van der Waals surface area contributed by atoms with Crippen molar-refractivity contribution in [1.82, 2.24) is 15.5 Å². The van der Waals surface area contributed by atoms with Crippen LogP contribution in [0.2, 0.25) is 0 Å². The molecule has 2 aliphatic heterocycles. The molecule has 0 radical (unpaired) electrons. The number of carbonyl (C=O) groups is 3. The van der Waals surface area contributed by atoms with E-state index in [9.17, 15) is 14.4 Å². The minimum Gasteiger partial charge on any atom is -0.379 e. The second-order valence-corrected chi connectivity index (χ2v) is 8.36. The largest absolute Gasteiger partial charge is 0.379 e. The number of para-hydroxylation sites is 1. The van der Waals surface area contributed by atoms with Crippen molar-refractivity contribution in [3.63, 3.8) is 0 Å². The van der Waals surface area contributed by atoms with Crippen molar-refractivity contribution in [3.05, 3.63) is 29.8 Å². The second kappa shape index (κ2) is 8.51. The highest BCUT2D eigenvalue weighted by Gasteiger charge is 2.40. The molecular formula is C21H30N4O4. The fourth-order valence-corrected chi connectivity index (χ4v) is 3.87. The summed E-state index contributed by atoms with van der Waals surface area (Å²) in [5.74, 6) is -1.77. The molecular weight excluding hydrogens is 372 g/mol. The van der Waals surface area contributed by atoms with E-state index in [-0.39, 0.29) is 17.5 Å². The number of benzene rings is 1. The van der Waals surface area contributed by atoms with Crippen molar-refractivity contribution in [2.45, 2.75) is 45.3 Å². The molecule has 3 rings (SSSR count). The highest BCUT2D eigenvalue weighted by atomic mass is 16.5.